The average molecular weight is 234 g/mol. The second-order valence-electron chi connectivity index (χ2n) is 3.96. The summed E-state index contributed by atoms with van der Waals surface area (Å²) in [4.78, 5) is 25.1. The molecule has 0 bridgehead atoms. The number of amides is 2. The van der Waals surface area contributed by atoms with E-state index in [2.05, 4.69) is 9.57 Å². The predicted octanol–water partition coefficient (Wildman–Crippen LogP) is 1.30. The number of primary amides is 1. The lowest BCUT2D eigenvalue weighted by molar-refractivity contribution is -0.168. The first kappa shape index (κ1) is 17.1. The van der Waals surface area contributed by atoms with Crippen LogP contribution >= 0.6 is 0 Å². The van der Waals surface area contributed by atoms with Gasteiger partial charge in [0.25, 0.3) is 0 Å². The zero-order valence-corrected chi connectivity index (χ0v) is 10.9. The molecule has 16 heavy (non-hydrogen) atoms. The minimum absolute atomic E-state index is 0.00694. The molecule has 0 unspecified atom stereocenters. The van der Waals surface area contributed by atoms with Crippen molar-refractivity contribution in [3.63, 3.8) is 0 Å². The molecule has 0 saturated heterocycles. The van der Waals surface area contributed by atoms with E-state index in [-0.39, 0.29) is 5.91 Å². The Labute approximate surface area is 96.6 Å². The molecule has 0 aromatic heterocycles. The lowest BCUT2D eigenvalue weighted by Gasteiger charge is -2.16. The summed E-state index contributed by atoms with van der Waals surface area (Å²) < 4.78 is 4.58. The molecule has 0 radical (unpaired) electrons. The van der Waals surface area contributed by atoms with E-state index < -0.39 is 11.7 Å². The molecular weight excluding hydrogens is 212 g/mol. The number of rotatable bonds is 2. The van der Waals surface area contributed by atoms with Crippen molar-refractivity contribution >= 4 is 12.0 Å². The lowest BCUT2D eigenvalue weighted by Crippen LogP contribution is -2.27. The minimum Gasteiger partial charge on any atom is -0.444 e. The maximum atomic E-state index is 10.5. The second-order valence-corrected chi connectivity index (χ2v) is 3.96. The monoisotopic (exact) mass is 234 g/mol. The number of hydroxylamine groups is 2. The summed E-state index contributed by atoms with van der Waals surface area (Å²) in [5, 5.41) is 1.21. The fraction of sp³-hybridized carbons (Fsp3) is 0.800. The molecule has 0 aromatic rings. The number of carbonyl (C=O) groups is 2. The van der Waals surface area contributed by atoms with E-state index in [1.54, 1.807) is 34.7 Å². The van der Waals surface area contributed by atoms with Crippen LogP contribution in [0, 0.1) is 0 Å². The molecule has 0 heterocycles. The third-order valence-electron chi connectivity index (χ3n) is 1.33. The van der Waals surface area contributed by atoms with Gasteiger partial charge in [0.15, 0.2) is 0 Å². The molecule has 0 atom stereocenters. The van der Waals surface area contributed by atoms with Crippen molar-refractivity contribution in [3.05, 3.63) is 0 Å². The van der Waals surface area contributed by atoms with Crippen molar-refractivity contribution in [2.75, 3.05) is 14.2 Å². The van der Waals surface area contributed by atoms with Gasteiger partial charge in [-0.3, -0.25) is 9.63 Å². The number of nitrogens with zero attached hydrogens (tertiary/aromatic N) is 1. The van der Waals surface area contributed by atoms with Crippen molar-refractivity contribution in [2.45, 2.75) is 39.7 Å². The highest BCUT2D eigenvalue weighted by molar-refractivity contribution is 5.74. The van der Waals surface area contributed by atoms with Crippen molar-refractivity contribution in [2.24, 2.45) is 5.73 Å². The summed E-state index contributed by atoms with van der Waals surface area (Å²) >= 11 is 0. The summed E-state index contributed by atoms with van der Waals surface area (Å²) in [6, 6.07) is 0. The van der Waals surface area contributed by atoms with E-state index in [1.807, 2.05) is 0 Å². The number of ether oxygens (including phenoxy) is 1. The molecule has 0 aromatic carbocycles. The summed E-state index contributed by atoms with van der Waals surface area (Å²) in [5.74, 6) is -0.00694. The topological polar surface area (TPSA) is 81.9 Å². The Bertz CT molecular complexity index is 223. The van der Waals surface area contributed by atoms with Gasteiger partial charge in [-0.1, -0.05) is 6.92 Å². The molecule has 0 aliphatic heterocycles. The Morgan fingerprint density at radius 2 is 1.75 bits per heavy atom. The molecule has 0 saturated carbocycles. The Kier molecular flexibility index (Phi) is 8.47. The van der Waals surface area contributed by atoms with Gasteiger partial charge in [-0.05, 0) is 20.8 Å². The van der Waals surface area contributed by atoms with Crippen LogP contribution in [0.25, 0.3) is 0 Å². The largest absolute Gasteiger partial charge is 0.444 e. The normalized spacial score (nSPS) is 9.88. The van der Waals surface area contributed by atoms with E-state index in [1.165, 1.54) is 12.2 Å². The minimum atomic E-state index is -0.725. The van der Waals surface area contributed by atoms with Gasteiger partial charge in [-0.15, -0.1) is 0 Å². The van der Waals surface area contributed by atoms with Gasteiger partial charge in [-0.25, -0.2) is 9.86 Å². The van der Waals surface area contributed by atoms with Crippen molar-refractivity contribution in [1.82, 2.24) is 5.06 Å². The molecule has 0 aliphatic carbocycles. The maximum absolute atomic E-state index is 10.5. The summed E-state index contributed by atoms with van der Waals surface area (Å²) in [5.41, 5.74) is 4.26. The first-order valence-corrected chi connectivity index (χ1v) is 4.93. The molecule has 2 amide bonds. The van der Waals surface area contributed by atoms with Crippen LogP contribution in [0.3, 0.4) is 0 Å². The van der Waals surface area contributed by atoms with Crippen LogP contribution in [0.15, 0.2) is 0 Å². The lowest BCUT2D eigenvalue weighted by atomic mass is 10.2. The van der Waals surface area contributed by atoms with Gasteiger partial charge in [0, 0.05) is 13.5 Å². The maximum Gasteiger partial charge on any atom is 0.405 e. The standard InChI is InChI=1S/2C5H11NO2/c1-5(2,3)8-4(6)7;1-4-5(7)6(2)8-3/h1-3H3,(H2,6,7);4H2,1-3H3. The highest BCUT2D eigenvalue weighted by atomic mass is 16.7. The first-order chi connectivity index (χ1) is 7.14. The predicted molar refractivity (Wildman–Crippen MR) is 60.5 cm³/mol. The zero-order valence-electron chi connectivity index (χ0n) is 10.9. The molecule has 6 nitrogen and oxygen atoms in total. The molecule has 0 fully saturated rings. The van der Waals surface area contributed by atoms with Crippen LogP contribution in [0.4, 0.5) is 4.79 Å². The summed E-state index contributed by atoms with van der Waals surface area (Å²) in [6.07, 6.45) is -0.234. The molecule has 6 heteroatoms. The highest BCUT2D eigenvalue weighted by Crippen LogP contribution is 2.04. The number of hydrogen-bond acceptors (Lipinski definition) is 4. The number of nitrogens with two attached hydrogens (primary N) is 1. The first-order valence-electron chi connectivity index (χ1n) is 4.93. The third-order valence-corrected chi connectivity index (χ3v) is 1.33. The highest BCUT2D eigenvalue weighted by Gasteiger charge is 2.12. The van der Waals surface area contributed by atoms with E-state index in [9.17, 15) is 9.59 Å². The van der Waals surface area contributed by atoms with Crippen LogP contribution in [-0.4, -0.2) is 36.8 Å². The zero-order chi connectivity index (χ0) is 13.4. The molecule has 0 aliphatic rings. The van der Waals surface area contributed by atoms with Gasteiger partial charge in [0.2, 0.25) is 5.91 Å². The van der Waals surface area contributed by atoms with Crippen LogP contribution in [0.1, 0.15) is 34.1 Å². The Morgan fingerprint density at radius 3 is 1.81 bits per heavy atom. The Hall–Kier alpha value is -1.30. The Balaban J connectivity index is 0. The fourth-order valence-corrected chi connectivity index (χ4v) is 0.626. The third kappa shape index (κ3) is 12.7. The molecule has 0 spiro atoms. The van der Waals surface area contributed by atoms with Crippen LogP contribution < -0.4 is 5.73 Å². The van der Waals surface area contributed by atoms with Gasteiger partial charge in [0.1, 0.15) is 5.60 Å². The number of hydrogen-bond donors (Lipinski definition) is 1. The SMILES string of the molecule is CC(C)(C)OC(N)=O.CCC(=O)N(C)OC. The van der Waals surface area contributed by atoms with E-state index in [0.29, 0.717) is 6.42 Å². The fourth-order valence-electron chi connectivity index (χ4n) is 0.626. The van der Waals surface area contributed by atoms with Crippen LogP contribution in [0.2, 0.25) is 0 Å². The van der Waals surface area contributed by atoms with E-state index in [0.717, 1.165) is 0 Å². The average Bonchev–Trinajstić information content (AvgIpc) is 2.12. The van der Waals surface area contributed by atoms with Crippen LogP contribution in [0.5, 0.6) is 0 Å². The van der Waals surface area contributed by atoms with E-state index in [4.69, 9.17) is 5.73 Å². The van der Waals surface area contributed by atoms with Crippen LogP contribution in [-0.2, 0) is 14.4 Å². The molecule has 2 N–H and O–H groups in total. The molecule has 0 rings (SSSR count). The molecule has 96 valence electrons. The van der Waals surface area contributed by atoms with E-state index >= 15 is 0 Å². The summed E-state index contributed by atoms with van der Waals surface area (Å²) in [7, 11) is 3.05. The smallest absolute Gasteiger partial charge is 0.405 e. The van der Waals surface area contributed by atoms with Gasteiger partial charge in [-0.2, -0.15) is 0 Å². The van der Waals surface area contributed by atoms with Crippen molar-refractivity contribution < 1.29 is 19.2 Å². The van der Waals surface area contributed by atoms with Crippen molar-refractivity contribution in [1.29, 1.82) is 0 Å². The Morgan fingerprint density at radius 1 is 1.31 bits per heavy atom. The van der Waals surface area contributed by atoms with Gasteiger partial charge < -0.3 is 10.5 Å². The molecular formula is C10H22N2O4. The van der Waals surface area contributed by atoms with Crippen molar-refractivity contribution in [3.8, 4) is 0 Å². The second kappa shape index (κ2) is 7.92. The summed E-state index contributed by atoms with van der Waals surface area (Å²) in [6.45, 7) is 7.07. The van der Waals surface area contributed by atoms with Gasteiger partial charge >= 0.3 is 6.09 Å². The quantitative estimate of drug-likeness (QED) is 0.730. The van der Waals surface area contributed by atoms with Gasteiger partial charge in [0.05, 0.1) is 7.11 Å². The number of carbonyl (C=O) groups excluding carboxylic acids is 2.